The Morgan fingerprint density at radius 1 is 1.12 bits per heavy atom. The van der Waals surface area contributed by atoms with Gasteiger partial charge in [0.25, 0.3) is 0 Å². The van der Waals surface area contributed by atoms with Crippen LogP contribution < -0.4 is 14.9 Å². The highest BCUT2D eigenvalue weighted by atomic mass is 35.5. The maximum absolute atomic E-state index is 13.6. The third-order valence-electron chi connectivity index (χ3n) is 5.22. The molecule has 0 saturated carbocycles. The smallest absolute Gasteiger partial charge is 0.248 e. The van der Waals surface area contributed by atoms with Crippen LogP contribution in [-0.4, -0.2) is 17.9 Å². The summed E-state index contributed by atoms with van der Waals surface area (Å²) in [7, 11) is 0. The summed E-state index contributed by atoms with van der Waals surface area (Å²) in [6.45, 7) is 3.65. The summed E-state index contributed by atoms with van der Waals surface area (Å²) < 4.78 is 15.4. The number of nitrogens with zero attached hydrogens (tertiary/aromatic N) is 1. The lowest BCUT2D eigenvalue weighted by Gasteiger charge is -2.37. The lowest BCUT2D eigenvalue weighted by molar-refractivity contribution is -0.122. The van der Waals surface area contributed by atoms with Crippen molar-refractivity contribution in [2.24, 2.45) is 0 Å². The molecule has 170 valence electrons. The van der Waals surface area contributed by atoms with E-state index >= 15 is 0 Å². The van der Waals surface area contributed by atoms with Crippen LogP contribution in [0.2, 0.25) is 10.0 Å². The molecular formula is C24H20Cl2FN3O2S. The van der Waals surface area contributed by atoms with Gasteiger partial charge in [-0.25, -0.2) is 4.39 Å². The van der Waals surface area contributed by atoms with Gasteiger partial charge in [-0.1, -0.05) is 41.4 Å². The van der Waals surface area contributed by atoms with Crippen molar-refractivity contribution in [3.63, 3.8) is 0 Å². The number of rotatable bonds is 5. The Morgan fingerprint density at radius 2 is 1.88 bits per heavy atom. The SMILES string of the molecule is Cc1ccc(F)cc1NC(=O)CC1C(=O)Nc2ccccc2N1Sc1c(C)cc(Cl)cc1Cl. The van der Waals surface area contributed by atoms with Gasteiger partial charge in [0.2, 0.25) is 11.8 Å². The van der Waals surface area contributed by atoms with E-state index in [0.717, 1.165) is 21.7 Å². The summed E-state index contributed by atoms with van der Waals surface area (Å²) >= 11 is 13.9. The van der Waals surface area contributed by atoms with E-state index in [0.29, 0.717) is 21.4 Å². The molecule has 1 heterocycles. The third-order valence-corrected chi connectivity index (χ3v) is 7.22. The Balaban J connectivity index is 1.66. The molecule has 3 aromatic carbocycles. The van der Waals surface area contributed by atoms with Crippen molar-refractivity contribution in [1.82, 2.24) is 0 Å². The van der Waals surface area contributed by atoms with Crippen LogP contribution in [0.1, 0.15) is 17.5 Å². The zero-order valence-corrected chi connectivity index (χ0v) is 20.1. The molecule has 9 heteroatoms. The van der Waals surface area contributed by atoms with Crippen molar-refractivity contribution in [2.75, 3.05) is 14.9 Å². The lowest BCUT2D eigenvalue weighted by Crippen LogP contribution is -2.46. The monoisotopic (exact) mass is 503 g/mol. The van der Waals surface area contributed by atoms with Crippen molar-refractivity contribution in [2.45, 2.75) is 31.2 Å². The van der Waals surface area contributed by atoms with E-state index in [9.17, 15) is 14.0 Å². The van der Waals surface area contributed by atoms with Crippen LogP contribution in [0.4, 0.5) is 21.5 Å². The molecule has 3 aromatic rings. The maximum atomic E-state index is 13.6. The van der Waals surface area contributed by atoms with Gasteiger partial charge in [-0.15, -0.1) is 0 Å². The van der Waals surface area contributed by atoms with Crippen molar-refractivity contribution in [3.05, 3.63) is 81.6 Å². The second-order valence-electron chi connectivity index (χ2n) is 7.68. The predicted octanol–water partition coefficient (Wildman–Crippen LogP) is 6.61. The summed E-state index contributed by atoms with van der Waals surface area (Å²) in [6.07, 6.45) is -0.145. The summed E-state index contributed by atoms with van der Waals surface area (Å²) in [5.41, 5.74) is 3.31. The molecular weight excluding hydrogens is 484 g/mol. The van der Waals surface area contributed by atoms with Crippen LogP contribution in [0.3, 0.4) is 0 Å². The van der Waals surface area contributed by atoms with Crippen LogP contribution in [0.25, 0.3) is 0 Å². The number of anilines is 3. The van der Waals surface area contributed by atoms with E-state index < -0.39 is 17.8 Å². The predicted molar refractivity (Wildman–Crippen MR) is 133 cm³/mol. The zero-order chi connectivity index (χ0) is 23.7. The topological polar surface area (TPSA) is 61.4 Å². The Morgan fingerprint density at radius 3 is 2.64 bits per heavy atom. The summed E-state index contributed by atoms with van der Waals surface area (Å²) in [5.74, 6) is -1.19. The average molecular weight is 504 g/mol. The molecule has 5 nitrogen and oxygen atoms in total. The van der Waals surface area contributed by atoms with Crippen LogP contribution in [0.5, 0.6) is 0 Å². The number of carbonyl (C=O) groups is 2. The number of hydrogen-bond acceptors (Lipinski definition) is 4. The Labute approximate surface area is 205 Å². The Kier molecular flexibility index (Phi) is 6.83. The van der Waals surface area contributed by atoms with Gasteiger partial charge in [0.15, 0.2) is 0 Å². The van der Waals surface area contributed by atoms with E-state index in [1.165, 1.54) is 24.1 Å². The minimum atomic E-state index is -0.829. The standard InChI is InChI=1S/C24H20Cl2FN3O2S/c1-13-7-8-16(27)11-19(13)28-22(31)12-21-24(32)29-18-5-3-4-6-20(18)30(21)33-23-14(2)9-15(25)10-17(23)26/h3-11,21H,12H2,1-2H3,(H,28,31)(H,29,32). The Hall–Kier alpha value is -2.74. The molecule has 0 bridgehead atoms. The second kappa shape index (κ2) is 9.63. The first-order chi connectivity index (χ1) is 15.7. The van der Waals surface area contributed by atoms with Crippen LogP contribution >= 0.6 is 35.1 Å². The van der Waals surface area contributed by atoms with E-state index in [1.807, 2.05) is 25.1 Å². The van der Waals surface area contributed by atoms with Gasteiger partial charge in [0, 0.05) is 10.7 Å². The fourth-order valence-corrected chi connectivity index (χ4v) is 5.36. The molecule has 2 N–H and O–H groups in total. The van der Waals surface area contributed by atoms with Crippen LogP contribution in [0, 0.1) is 19.7 Å². The largest absolute Gasteiger partial charge is 0.326 e. The fraction of sp³-hybridized carbons (Fsp3) is 0.167. The second-order valence-corrected chi connectivity index (χ2v) is 9.51. The van der Waals surface area contributed by atoms with E-state index in [4.69, 9.17) is 23.2 Å². The van der Waals surface area contributed by atoms with Crippen LogP contribution in [-0.2, 0) is 9.59 Å². The Bertz CT molecular complexity index is 1230. The first-order valence-electron chi connectivity index (χ1n) is 10.1. The number of halogens is 3. The van der Waals surface area contributed by atoms with Gasteiger partial charge < -0.3 is 10.6 Å². The van der Waals surface area contributed by atoms with Gasteiger partial charge in [-0.2, -0.15) is 0 Å². The van der Waals surface area contributed by atoms with Gasteiger partial charge in [-0.05, 0) is 73.3 Å². The number of amides is 2. The maximum Gasteiger partial charge on any atom is 0.248 e. The van der Waals surface area contributed by atoms with Crippen molar-refractivity contribution < 1.29 is 14.0 Å². The van der Waals surface area contributed by atoms with Crippen molar-refractivity contribution in [3.8, 4) is 0 Å². The van der Waals surface area contributed by atoms with Gasteiger partial charge in [0.1, 0.15) is 11.9 Å². The highest BCUT2D eigenvalue weighted by Gasteiger charge is 2.36. The number of benzene rings is 3. The highest BCUT2D eigenvalue weighted by molar-refractivity contribution is 8.01. The highest BCUT2D eigenvalue weighted by Crippen LogP contribution is 2.43. The molecule has 4 rings (SSSR count). The molecule has 0 fully saturated rings. The molecule has 0 aliphatic carbocycles. The zero-order valence-electron chi connectivity index (χ0n) is 17.8. The molecule has 2 amide bonds. The quantitative estimate of drug-likeness (QED) is 0.384. The summed E-state index contributed by atoms with van der Waals surface area (Å²) in [5, 5.41) is 6.55. The summed E-state index contributed by atoms with van der Waals surface area (Å²) in [6, 6.07) is 14.1. The first-order valence-corrected chi connectivity index (χ1v) is 11.6. The van der Waals surface area contributed by atoms with E-state index in [-0.39, 0.29) is 12.3 Å². The number of carbonyl (C=O) groups excluding carboxylic acids is 2. The number of aryl methyl sites for hydroxylation is 2. The van der Waals surface area contributed by atoms with Gasteiger partial charge >= 0.3 is 0 Å². The molecule has 33 heavy (non-hydrogen) atoms. The minimum absolute atomic E-state index is 0.145. The molecule has 0 spiro atoms. The average Bonchev–Trinajstić information content (AvgIpc) is 2.75. The molecule has 0 radical (unpaired) electrons. The van der Waals surface area contributed by atoms with E-state index in [1.54, 1.807) is 35.5 Å². The lowest BCUT2D eigenvalue weighted by atomic mass is 10.1. The normalized spacial score (nSPS) is 15.1. The summed E-state index contributed by atoms with van der Waals surface area (Å²) in [4.78, 5) is 26.6. The number of nitrogens with one attached hydrogen (secondary N) is 2. The molecule has 1 aliphatic heterocycles. The molecule has 1 unspecified atom stereocenters. The fourth-order valence-electron chi connectivity index (χ4n) is 3.56. The molecule has 0 aromatic heterocycles. The van der Waals surface area contributed by atoms with E-state index in [2.05, 4.69) is 10.6 Å². The minimum Gasteiger partial charge on any atom is -0.326 e. The molecule has 0 saturated heterocycles. The van der Waals surface area contributed by atoms with Crippen molar-refractivity contribution >= 4 is 64.0 Å². The van der Waals surface area contributed by atoms with Crippen molar-refractivity contribution in [1.29, 1.82) is 0 Å². The number of fused-ring (bicyclic) bond motifs is 1. The molecule has 1 aliphatic rings. The van der Waals surface area contributed by atoms with Gasteiger partial charge in [0.05, 0.1) is 27.7 Å². The third kappa shape index (κ3) is 5.11. The first kappa shape index (κ1) is 23.4. The molecule has 1 atom stereocenters. The number of hydrogen-bond donors (Lipinski definition) is 2. The number of para-hydroxylation sites is 2. The van der Waals surface area contributed by atoms with Gasteiger partial charge in [-0.3, -0.25) is 13.9 Å². The van der Waals surface area contributed by atoms with Crippen LogP contribution in [0.15, 0.2) is 59.5 Å².